The zero-order valence-electron chi connectivity index (χ0n) is 16.8. The highest BCUT2D eigenvalue weighted by Gasteiger charge is 2.23. The van der Waals surface area contributed by atoms with Gasteiger partial charge in [0.1, 0.15) is 5.75 Å². The number of halogens is 1. The minimum atomic E-state index is 0.764. The first-order chi connectivity index (χ1) is 13.7. The molecule has 2 aliphatic heterocycles. The van der Waals surface area contributed by atoms with E-state index in [4.69, 9.17) is 4.74 Å². The number of anilines is 1. The van der Waals surface area contributed by atoms with Crippen LogP contribution in [0.15, 0.2) is 46.9 Å². The fourth-order valence-corrected chi connectivity index (χ4v) is 5.05. The first kappa shape index (κ1) is 19.8. The van der Waals surface area contributed by atoms with E-state index in [1.54, 1.807) is 7.11 Å². The third-order valence-electron chi connectivity index (χ3n) is 6.43. The van der Waals surface area contributed by atoms with Crippen molar-refractivity contribution in [3.05, 3.63) is 58.1 Å². The number of ether oxygens (including phenoxy) is 1. The monoisotopic (exact) mass is 442 g/mol. The molecular formula is C24H31BrN2O. The number of piperidine rings is 1. The number of likely N-dealkylation sites (tertiary alicyclic amines) is 1. The van der Waals surface area contributed by atoms with E-state index in [0.29, 0.717) is 0 Å². The van der Waals surface area contributed by atoms with E-state index in [1.807, 2.05) is 6.07 Å². The van der Waals surface area contributed by atoms with E-state index in [0.717, 1.165) is 30.6 Å². The van der Waals surface area contributed by atoms with Crippen LogP contribution in [0.1, 0.15) is 30.4 Å². The van der Waals surface area contributed by atoms with Crippen molar-refractivity contribution in [2.75, 3.05) is 38.6 Å². The topological polar surface area (TPSA) is 24.5 Å². The number of hydrogen-bond donors (Lipinski definition) is 1. The highest BCUT2D eigenvalue weighted by atomic mass is 79.9. The number of methoxy groups -OCH3 is 1. The molecule has 0 aliphatic carbocycles. The van der Waals surface area contributed by atoms with Crippen LogP contribution >= 0.6 is 15.9 Å². The van der Waals surface area contributed by atoms with E-state index in [2.05, 4.69) is 62.5 Å². The van der Waals surface area contributed by atoms with Gasteiger partial charge in [0.15, 0.2) is 0 Å². The van der Waals surface area contributed by atoms with Crippen LogP contribution in [-0.4, -0.2) is 38.2 Å². The van der Waals surface area contributed by atoms with Crippen LogP contribution in [0.4, 0.5) is 5.69 Å². The van der Waals surface area contributed by atoms with Crippen molar-refractivity contribution in [3.63, 3.8) is 0 Å². The fourth-order valence-electron chi connectivity index (χ4n) is 4.64. The molecule has 1 unspecified atom stereocenters. The number of rotatable bonds is 6. The van der Waals surface area contributed by atoms with E-state index in [-0.39, 0.29) is 0 Å². The van der Waals surface area contributed by atoms with Crippen LogP contribution in [0.25, 0.3) is 0 Å². The molecule has 1 N–H and O–H groups in total. The summed E-state index contributed by atoms with van der Waals surface area (Å²) < 4.78 is 6.60. The predicted molar refractivity (Wildman–Crippen MR) is 120 cm³/mol. The van der Waals surface area contributed by atoms with Crippen molar-refractivity contribution < 1.29 is 4.74 Å². The van der Waals surface area contributed by atoms with Crippen molar-refractivity contribution in [2.45, 2.75) is 32.1 Å². The van der Waals surface area contributed by atoms with E-state index in [9.17, 15) is 0 Å². The first-order valence-corrected chi connectivity index (χ1v) is 11.4. The molecule has 0 saturated carbocycles. The molecule has 1 atom stereocenters. The Hall–Kier alpha value is -1.52. The highest BCUT2D eigenvalue weighted by molar-refractivity contribution is 9.10. The van der Waals surface area contributed by atoms with Gasteiger partial charge < -0.3 is 15.0 Å². The molecule has 150 valence electrons. The molecule has 0 aromatic heterocycles. The second kappa shape index (κ2) is 9.32. The maximum Gasteiger partial charge on any atom is 0.119 e. The second-order valence-electron chi connectivity index (χ2n) is 8.34. The molecule has 4 heteroatoms. The van der Waals surface area contributed by atoms with Gasteiger partial charge in [-0.3, -0.25) is 0 Å². The van der Waals surface area contributed by atoms with Crippen molar-refractivity contribution in [3.8, 4) is 5.75 Å². The largest absolute Gasteiger partial charge is 0.497 e. The average molecular weight is 443 g/mol. The summed E-state index contributed by atoms with van der Waals surface area (Å²) in [6.07, 6.45) is 6.27. The fraction of sp³-hybridized carbons (Fsp3) is 0.500. The smallest absolute Gasteiger partial charge is 0.119 e. The van der Waals surface area contributed by atoms with E-state index < -0.39 is 0 Å². The number of benzene rings is 2. The van der Waals surface area contributed by atoms with Crippen LogP contribution in [0.5, 0.6) is 5.75 Å². The SMILES string of the molecule is COc1ccc(Br)c(CC2CCN(CCC3CNc4ccccc4C3)CC2)c1. The summed E-state index contributed by atoms with van der Waals surface area (Å²) in [6, 6.07) is 15.1. The Kier molecular flexibility index (Phi) is 6.58. The summed E-state index contributed by atoms with van der Waals surface area (Å²) >= 11 is 3.71. The summed E-state index contributed by atoms with van der Waals surface area (Å²) in [7, 11) is 1.74. The Morgan fingerprint density at radius 1 is 1.11 bits per heavy atom. The van der Waals surface area contributed by atoms with Gasteiger partial charge >= 0.3 is 0 Å². The molecular weight excluding hydrogens is 412 g/mol. The van der Waals surface area contributed by atoms with Crippen molar-refractivity contribution in [2.24, 2.45) is 11.8 Å². The van der Waals surface area contributed by atoms with Gasteiger partial charge in [-0.1, -0.05) is 34.1 Å². The van der Waals surface area contributed by atoms with Gasteiger partial charge in [-0.15, -0.1) is 0 Å². The van der Waals surface area contributed by atoms with E-state index >= 15 is 0 Å². The van der Waals surface area contributed by atoms with Crippen molar-refractivity contribution in [1.29, 1.82) is 0 Å². The zero-order valence-corrected chi connectivity index (χ0v) is 18.4. The summed E-state index contributed by atoms with van der Waals surface area (Å²) in [5.41, 5.74) is 4.20. The third-order valence-corrected chi connectivity index (χ3v) is 7.20. The molecule has 2 aliphatic rings. The van der Waals surface area contributed by atoms with Gasteiger partial charge in [-0.25, -0.2) is 0 Å². The Balaban J connectivity index is 1.22. The molecule has 0 spiro atoms. The lowest BCUT2D eigenvalue weighted by atomic mass is 9.89. The standard InChI is InChI=1S/C24H31BrN2O/c1-28-22-6-7-23(25)21(16-22)14-18-8-11-27(12-9-18)13-10-19-15-20-4-2-3-5-24(20)26-17-19/h2-7,16,18-19,26H,8-15,17H2,1H3. The van der Waals surface area contributed by atoms with Gasteiger partial charge in [0.2, 0.25) is 0 Å². The summed E-state index contributed by atoms with van der Waals surface area (Å²) in [5, 5.41) is 3.62. The van der Waals surface area contributed by atoms with Crippen LogP contribution in [0.3, 0.4) is 0 Å². The minimum Gasteiger partial charge on any atom is -0.497 e. The average Bonchev–Trinajstić information content (AvgIpc) is 2.74. The number of hydrogen-bond acceptors (Lipinski definition) is 3. The molecule has 28 heavy (non-hydrogen) atoms. The quantitative estimate of drug-likeness (QED) is 0.648. The molecule has 1 saturated heterocycles. The number of fused-ring (bicyclic) bond motifs is 1. The zero-order chi connectivity index (χ0) is 19.3. The van der Waals surface area contributed by atoms with Gasteiger partial charge in [-0.2, -0.15) is 0 Å². The highest BCUT2D eigenvalue weighted by Crippen LogP contribution is 2.30. The van der Waals surface area contributed by atoms with Gasteiger partial charge in [0, 0.05) is 16.7 Å². The molecule has 2 aromatic carbocycles. The molecule has 0 radical (unpaired) electrons. The van der Waals surface area contributed by atoms with E-state index in [1.165, 1.54) is 66.6 Å². The lowest BCUT2D eigenvalue weighted by molar-refractivity contribution is 0.174. The van der Waals surface area contributed by atoms with Crippen LogP contribution in [0.2, 0.25) is 0 Å². The Morgan fingerprint density at radius 3 is 2.75 bits per heavy atom. The third kappa shape index (κ3) is 4.90. The van der Waals surface area contributed by atoms with Gasteiger partial charge in [-0.05, 0) is 99.0 Å². The van der Waals surface area contributed by atoms with Crippen LogP contribution in [-0.2, 0) is 12.8 Å². The molecule has 2 aromatic rings. The number of para-hydroxylation sites is 1. The lowest BCUT2D eigenvalue weighted by Gasteiger charge is -2.34. The molecule has 0 bridgehead atoms. The van der Waals surface area contributed by atoms with Crippen molar-refractivity contribution in [1.82, 2.24) is 4.90 Å². The predicted octanol–water partition coefficient (Wildman–Crippen LogP) is 5.39. The van der Waals surface area contributed by atoms with Crippen LogP contribution < -0.4 is 10.1 Å². The van der Waals surface area contributed by atoms with Crippen molar-refractivity contribution >= 4 is 21.6 Å². The molecule has 1 fully saturated rings. The van der Waals surface area contributed by atoms with Gasteiger partial charge in [0.05, 0.1) is 7.11 Å². The molecule has 0 amide bonds. The summed E-state index contributed by atoms with van der Waals surface area (Å²) in [4.78, 5) is 2.68. The first-order valence-electron chi connectivity index (χ1n) is 10.6. The summed E-state index contributed by atoms with van der Waals surface area (Å²) in [6.45, 7) is 4.84. The Morgan fingerprint density at radius 2 is 1.93 bits per heavy atom. The summed E-state index contributed by atoms with van der Waals surface area (Å²) in [5.74, 6) is 2.50. The maximum atomic E-state index is 5.39. The second-order valence-corrected chi connectivity index (χ2v) is 9.20. The number of nitrogens with zero attached hydrogens (tertiary/aromatic N) is 1. The molecule has 2 heterocycles. The number of nitrogens with one attached hydrogen (secondary N) is 1. The minimum absolute atomic E-state index is 0.764. The molecule has 3 nitrogen and oxygen atoms in total. The van der Waals surface area contributed by atoms with Crippen LogP contribution in [0, 0.1) is 11.8 Å². The molecule has 4 rings (SSSR count). The normalized spacial score (nSPS) is 20.4. The maximum absolute atomic E-state index is 5.39. The Labute approximate surface area is 177 Å². The Bertz CT molecular complexity index is 786. The lowest BCUT2D eigenvalue weighted by Crippen LogP contribution is -2.36. The van der Waals surface area contributed by atoms with Gasteiger partial charge in [0.25, 0.3) is 0 Å².